The number of carbonyl (C=O) groups excluding carboxylic acids is 2. The number of carbonyl (C=O) groups is 2. The zero-order valence-electron chi connectivity index (χ0n) is 18.6. The molecule has 0 spiro atoms. The summed E-state index contributed by atoms with van der Waals surface area (Å²) in [4.78, 5) is 30.5. The van der Waals surface area contributed by atoms with Gasteiger partial charge in [0.05, 0.1) is 17.3 Å². The van der Waals surface area contributed by atoms with Gasteiger partial charge in [-0.05, 0) is 35.7 Å². The van der Waals surface area contributed by atoms with E-state index >= 15 is 0 Å². The molecule has 0 radical (unpaired) electrons. The average Bonchev–Trinajstić information content (AvgIpc) is 3.04. The van der Waals surface area contributed by atoms with Gasteiger partial charge in [-0.25, -0.2) is 4.98 Å². The van der Waals surface area contributed by atoms with E-state index in [9.17, 15) is 9.59 Å². The van der Waals surface area contributed by atoms with Crippen LogP contribution < -0.4 is 15.8 Å². The standard InChI is InChI=1S/C23H27ClN4O4/c1-23(2,3)12-19(29)28(4)9-10-31-15-6-7-17-16(11-15)20(25)21(32-17)22(30)27-18-8-5-14(24)13-26-18/h5-8,11,13H,9-10,12,25H2,1-4H3,(H,26,27,30). The molecule has 170 valence electrons. The molecule has 2 amide bonds. The van der Waals surface area contributed by atoms with Crippen LogP contribution in [0.1, 0.15) is 37.7 Å². The highest BCUT2D eigenvalue weighted by Crippen LogP contribution is 2.32. The molecule has 3 aromatic rings. The number of hydrogen-bond acceptors (Lipinski definition) is 6. The van der Waals surface area contributed by atoms with Crippen molar-refractivity contribution in [2.75, 3.05) is 31.2 Å². The van der Waals surface area contributed by atoms with Crippen molar-refractivity contribution in [3.63, 3.8) is 0 Å². The highest BCUT2D eigenvalue weighted by molar-refractivity contribution is 6.30. The first kappa shape index (κ1) is 23.4. The van der Waals surface area contributed by atoms with E-state index in [1.54, 1.807) is 42.3 Å². The fraction of sp³-hybridized carbons (Fsp3) is 0.348. The quantitative estimate of drug-likeness (QED) is 0.535. The Labute approximate surface area is 191 Å². The minimum absolute atomic E-state index is 0.0126. The molecule has 0 saturated heterocycles. The molecular formula is C23H27ClN4O4. The van der Waals surface area contributed by atoms with Gasteiger partial charge in [0.15, 0.2) is 0 Å². The van der Waals surface area contributed by atoms with Crippen molar-refractivity contribution in [2.45, 2.75) is 27.2 Å². The van der Waals surface area contributed by atoms with Crippen LogP contribution in [0.3, 0.4) is 0 Å². The Morgan fingerprint density at radius 1 is 1.25 bits per heavy atom. The fourth-order valence-corrected chi connectivity index (χ4v) is 3.10. The largest absolute Gasteiger partial charge is 0.492 e. The van der Waals surface area contributed by atoms with Gasteiger partial charge in [-0.2, -0.15) is 0 Å². The van der Waals surface area contributed by atoms with Gasteiger partial charge in [0.2, 0.25) is 11.7 Å². The summed E-state index contributed by atoms with van der Waals surface area (Å²) in [5.41, 5.74) is 6.75. The normalized spacial score (nSPS) is 11.4. The minimum atomic E-state index is -0.519. The molecule has 2 heterocycles. The average molecular weight is 459 g/mol. The maximum atomic E-state index is 12.6. The number of nitrogens with two attached hydrogens (primary N) is 1. The summed E-state index contributed by atoms with van der Waals surface area (Å²) in [6.45, 7) is 6.86. The molecule has 1 aromatic carbocycles. The van der Waals surface area contributed by atoms with Crippen molar-refractivity contribution in [3.05, 3.63) is 47.3 Å². The maximum Gasteiger partial charge on any atom is 0.294 e. The number of nitrogen functional groups attached to an aromatic ring is 1. The van der Waals surface area contributed by atoms with Crippen molar-refractivity contribution in [3.8, 4) is 5.75 Å². The molecule has 3 N–H and O–H groups in total. The van der Waals surface area contributed by atoms with E-state index in [-0.39, 0.29) is 22.8 Å². The molecule has 8 nitrogen and oxygen atoms in total. The molecule has 2 aromatic heterocycles. The third-order valence-electron chi connectivity index (χ3n) is 4.68. The first-order valence-corrected chi connectivity index (χ1v) is 10.5. The second kappa shape index (κ2) is 9.48. The van der Waals surface area contributed by atoms with Crippen molar-refractivity contribution in [1.82, 2.24) is 9.88 Å². The van der Waals surface area contributed by atoms with Crippen LogP contribution in [0, 0.1) is 5.41 Å². The summed E-state index contributed by atoms with van der Waals surface area (Å²) in [6.07, 6.45) is 1.90. The molecule has 0 unspecified atom stereocenters. The molecule has 0 aliphatic carbocycles. The lowest BCUT2D eigenvalue weighted by atomic mass is 9.92. The molecule has 9 heteroatoms. The van der Waals surface area contributed by atoms with E-state index < -0.39 is 5.91 Å². The lowest BCUT2D eigenvalue weighted by molar-refractivity contribution is -0.132. The Hall–Kier alpha value is -3.26. The summed E-state index contributed by atoms with van der Waals surface area (Å²) < 4.78 is 11.4. The number of halogens is 1. The van der Waals surface area contributed by atoms with E-state index in [4.69, 9.17) is 26.5 Å². The predicted octanol–water partition coefficient (Wildman–Crippen LogP) is 4.59. The monoisotopic (exact) mass is 458 g/mol. The topological polar surface area (TPSA) is 111 Å². The highest BCUT2D eigenvalue weighted by Gasteiger charge is 2.21. The number of rotatable bonds is 7. The van der Waals surface area contributed by atoms with Crippen molar-refractivity contribution in [1.29, 1.82) is 0 Å². The Kier molecular flexibility index (Phi) is 6.93. The summed E-state index contributed by atoms with van der Waals surface area (Å²) in [6, 6.07) is 8.32. The van der Waals surface area contributed by atoms with E-state index in [0.717, 1.165) is 0 Å². The Balaban J connectivity index is 1.64. The van der Waals surface area contributed by atoms with Crippen molar-refractivity contribution >= 4 is 45.9 Å². The first-order chi connectivity index (χ1) is 15.0. The van der Waals surface area contributed by atoms with Crippen LogP contribution in [0.15, 0.2) is 40.9 Å². The third-order valence-corrected chi connectivity index (χ3v) is 4.90. The molecule has 0 aliphatic heterocycles. The van der Waals surface area contributed by atoms with Crippen LogP contribution in [0.25, 0.3) is 11.0 Å². The summed E-state index contributed by atoms with van der Waals surface area (Å²) in [5.74, 6) is 0.430. The minimum Gasteiger partial charge on any atom is -0.492 e. The summed E-state index contributed by atoms with van der Waals surface area (Å²) in [7, 11) is 1.76. The summed E-state index contributed by atoms with van der Waals surface area (Å²) >= 11 is 5.81. The van der Waals surface area contributed by atoms with Crippen molar-refractivity contribution < 1.29 is 18.7 Å². The number of anilines is 2. The molecular weight excluding hydrogens is 432 g/mol. The molecule has 0 atom stereocenters. The molecule has 32 heavy (non-hydrogen) atoms. The van der Waals surface area contributed by atoms with Crippen LogP contribution >= 0.6 is 11.6 Å². The second-order valence-corrected chi connectivity index (χ2v) is 9.16. The number of aromatic nitrogens is 1. The second-order valence-electron chi connectivity index (χ2n) is 8.72. The smallest absolute Gasteiger partial charge is 0.294 e. The number of hydrogen-bond donors (Lipinski definition) is 2. The fourth-order valence-electron chi connectivity index (χ4n) is 2.99. The van der Waals surface area contributed by atoms with Gasteiger partial charge in [0.1, 0.15) is 23.8 Å². The SMILES string of the molecule is CN(CCOc1ccc2oc(C(=O)Nc3ccc(Cl)cn3)c(N)c2c1)C(=O)CC(C)(C)C. The van der Waals surface area contributed by atoms with Crippen LogP contribution in [0.5, 0.6) is 5.75 Å². The van der Waals surface area contributed by atoms with Crippen LogP contribution in [-0.4, -0.2) is 41.9 Å². The number of amides is 2. The Morgan fingerprint density at radius 2 is 2.00 bits per heavy atom. The Bertz CT molecular complexity index is 1120. The third kappa shape index (κ3) is 5.91. The lowest BCUT2D eigenvalue weighted by Crippen LogP contribution is -2.33. The number of benzene rings is 1. The number of fused-ring (bicyclic) bond motifs is 1. The molecule has 0 bridgehead atoms. The van der Waals surface area contributed by atoms with Gasteiger partial charge in [-0.1, -0.05) is 32.4 Å². The van der Waals surface area contributed by atoms with Crippen LogP contribution in [0.2, 0.25) is 5.02 Å². The van der Waals surface area contributed by atoms with E-state index in [0.29, 0.717) is 47.1 Å². The first-order valence-electron chi connectivity index (χ1n) is 10.2. The van der Waals surface area contributed by atoms with Crippen LogP contribution in [0.4, 0.5) is 11.5 Å². The van der Waals surface area contributed by atoms with E-state index in [1.165, 1.54) is 6.20 Å². The molecule has 0 aliphatic rings. The van der Waals surface area contributed by atoms with Gasteiger partial charge in [0, 0.05) is 25.1 Å². The number of furan rings is 1. The Morgan fingerprint density at radius 3 is 2.66 bits per heavy atom. The van der Waals surface area contributed by atoms with Gasteiger partial charge in [0.25, 0.3) is 5.91 Å². The maximum absolute atomic E-state index is 12.6. The predicted molar refractivity (Wildman–Crippen MR) is 125 cm³/mol. The van der Waals surface area contributed by atoms with E-state index in [2.05, 4.69) is 10.3 Å². The number of likely N-dealkylation sites (N-methyl/N-ethyl adjacent to an activating group) is 1. The number of ether oxygens (including phenoxy) is 1. The zero-order valence-corrected chi connectivity index (χ0v) is 19.3. The molecule has 0 fully saturated rings. The number of pyridine rings is 1. The van der Waals surface area contributed by atoms with Gasteiger partial charge in [-0.3, -0.25) is 9.59 Å². The highest BCUT2D eigenvalue weighted by atomic mass is 35.5. The van der Waals surface area contributed by atoms with Crippen LogP contribution in [-0.2, 0) is 4.79 Å². The van der Waals surface area contributed by atoms with Crippen molar-refractivity contribution in [2.24, 2.45) is 5.41 Å². The van der Waals surface area contributed by atoms with Gasteiger partial charge < -0.3 is 25.1 Å². The number of nitrogens with one attached hydrogen (secondary N) is 1. The van der Waals surface area contributed by atoms with Gasteiger partial charge in [-0.15, -0.1) is 0 Å². The molecule has 3 rings (SSSR count). The zero-order chi connectivity index (χ0) is 23.5. The lowest BCUT2D eigenvalue weighted by Gasteiger charge is -2.23. The number of nitrogens with zero attached hydrogens (tertiary/aromatic N) is 2. The van der Waals surface area contributed by atoms with E-state index in [1.807, 2.05) is 20.8 Å². The van der Waals surface area contributed by atoms with Gasteiger partial charge >= 0.3 is 0 Å². The molecule has 0 saturated carbocycles. The summed E-state index contributed by atoms with van der Waals surface area (Å²) in [5, 5.41) is 3.65.